The molecule has 36 heteroatoms. The van der Waals surface area contributed by atoms with E-state index in [1.165, 1.54) is 0 Å². The summed E-state index contributed by atoms with van der Waals surface area (Å²) in [7, 11) is 46.3. The molecule has 3 aromatic carbocycles. The van der Waals surface area contributed by atoms with Crippen molar-refractivity contribution in [1.29, 1.82) is 0 Å². The Labute approximate surface area is 593 Å². The van der Waals surface area contributed by atoms with Gasteiger partial charge in [0.15, 0.2) is 45.0 Å². The molecule has 0 unspecified atom stereocenters. The molecular formula is C63H114N30P6. The zero-order valence-corrected chi connectivity index (χ0v) is 69.7. The van der Waals surface area contributed by atoms with Gasteiger partial charge in [-0.05, 0) is 284 Å². The summed E-state index contributed by atoms with van der Waals surface area (Å²) in [5.74, 6) is 2.89. The van der Waals surface area contributed by atoms with E-state index in [0.717, 1.165) is 22.7 Å². The average molecular weight is 1480 g/mol. The molecule has 0 atom stereocenters. The summed E-state index contributed by atoms with van der Waals surface area (Å²) in [6, 6.07) is 36.5. The van der Waals surface area contributed by atoms with Gasteiger partial charge in [0.05, 0.1) is 34.1 Å². The number of hydrogen-bond acceptors (Lipinski definition) is 12. The minimum Gasteiger partial charge on any atom is -0.279 e. The lowest BCUT2D eigenvalue weighted by molar-refractivity contribution is 0.474. The summed E-state index contributed by atoms with van der Waals surface area (Å²) in [5.41, 5.74) is 24.9. The normalized spacial score (nSPS) is 14.0. The van der Waals surface area contributed by atoms with Gasteiger partial charge >= 0.3 is 0 Å². The fourth-order valence-corrected chi connectivity index (χ4v) is 29.3. The quantitative estimate of drug-likeness (QED) is 0.0476. The first-order valence-electron chi connectivity index (χ1n) is 32.0. The van der Waals surface area contributed by atoms with Gasteiger partial charge in [-0.2, -0.15) is 0 Å². The SMILES string of the molecule is CN(C)P(=Nc1ccc(N2c3cc(N=P(N(C)C)(N(C)C)N(C)C)cc(n3)N(c3ccc(N=P(N)(N)N)cc3)c3cc(N=P(N(C)C)(N(C)C)N(C)C)cc(n3)N(c3ccc(N=P(N(C)C)(N(C)C)N(C)C)cc3)c3cc(N=P(N(C)C)(N(C)C)N(C)C)cc2n3)cc1)(N(C)C)N(C)C. The highest BCUT2D eigenvalue weighted by atomic mass is 31.2. The van der Waals surface area contributed by atoms with Crippen molar-refractivity contribution in [3.8, 4) is 0 Å². The largest absolute Gasteiger partial charge is 0.279 e. The fraction of sp³-hybridized carbons (Fsp3) is 0.476. The van der Waals surface area contributed by atoms with Gasteiger partial charge in [-0.25, -0.2) is 43.4 Å². The Morgan fingerprint density at radius 1 is 0.222 bits per heavy atom. The molecule has 0 spiro atoms. The number of nitrogens with two attached hydrogens (primary N) is 3. The van der Waals surface area contributed by atoms with Gasteiger partial charge in [-0.15, -0.1) is 0 Å². The molecule has 99 heavy (non-hydrogen) atoms. The van der Waals surface area contributed by atoms with E-state index in [9.17, 15) is 0 Å². The van der Waals surface area contributed by atoms with Crippen LogP contribution in [0.2, 0.25) is 0 Å². The Kier molecular flexibility index (Phi) is 26.4. The molecule has 0 radical (unpaired) electrons. The summed E-state index contributed by atoms with van der Waals surface area (Å²) < 4.78 is 66.4. The third kappa shape index (κ3) is 16.4. The Hall–Kier alpha value is -4.83. The van der Waals surface area contributed by atoms with E-state index in [4.69, 9.17) is 55.2 Å². The van der Waals surface area contributed by atoms with Crippen LogP contribution in [0.3, 0.4) is 0 Å². The van der Waals surface area contributed by atoms with Gasteiger partial charge in [0.1, 0.15) is 34.9 Å². The van der Waals surface area contributed by atoms with Crippen molar-refractivity contribution in [3.63, 3.8) is 0 Å². The Balaban J connectivity index is 1.87. The molecule has 7 rings (SSSR count). The first kappa shape index (κ1) is 81.5. The fourth-order valence-electron chi connectivity index (χ4n) is 13.2. The van der Waals surface area contributed by atoms with E-state index in [-0.39, 0.29) is 0 Å². The first-order chi connectivity index (χ1) is 46.0. The number of nitrogens with zero attached hydrogens (tertiary/aromatic N) is 27. The van der Waals surface area contributed by atoms with Crippen LogP contribution in [0, 0.1) is 0 Å². The molecule has 30 nitrogen and oxygen atoms in total. The molecule has 6 bridgehead atoms. The van der Waals surface area contributed by atoms with Gasteiger partial charge < -0.3 is 0 Å². The van der Waals surface area contributed by atoms with E-state index >= 15 is 0 Å². The van der Waals surface area contributed by atoms with Crippen LogP contribution in [-0.4, -0.2) is 296 Å². The third-order valence-corrected chi connectivity index (χ3v) is 35.8. The zero-order valence-electron chi connectivity index (χ0n) is 64.4. The lowest BCUT2D eigenvalue weighted by Crippen LogP contribution is -2.30. The van der Waals surface area contributed by atoms with Crippen molar-refractivity contribution in [3.05, 3.63) is 109 Å². The van der Waals surface area contributed by atoms with Crippen molar-refractivity contribution in [1.82, 2.24) is 85.0 Å². The van der Waals surface area contributed by atoms with Gasteiger partial charge in [0, 0.05) is 53.5 Å². The third-order valence-electron chi connectivity index (χ3n) is 16.6. The predicted molar refractivity (Wildman–Crippen MR) is 429 cm³/mol. The van der Waals surface area contributed by atoms with E-state index in [0.29, 0.717) is 63.3 Å². The number of hydrogen-bond donors (Lipinski definition) is 3. The van der Waals surface area contributed by atoms with Crippen LogP contribution >= 0.6 is 45.0 Å². The molecular weight excluding hydrogens is 1360 g/mol. The minimum atomic E-state index is -3.10. The number of aromatic nitrogens is 3. The summed E-state index contributed by atoms with van der Waals surface area (Å²) in [6.07, 6.45) is 0. The Morgan fingerprint density at radius 2 is 0.364 bits per heavy atom. The second kappa shape index (κ2) is 32.0. The summed E-state index contributed by atoms with van der Waals surface area (Å²) in [5, 5.41) is 0. The van der Waals surface area contributed by atoms with E-state index in [1.54, 1.807) is 0 Å². The molecule has 6 aromatic rings. The highest BCUT2D eigenvalue weighted by Crippen LogP contribution is 2.63. The van der Waals surface area contributed by atoms with Crippen molar-refractivity contribution in [2.75, 3.05) is 226 Å². The van der Waals surface area contributed by atoms with Gasteiger partial charge in [0.25, 0.3) is 0 Å². The maximum atomic E-state index is 6.25. The second-order valence-corrected chi connectivity index (χ2v) is 47.1. The molecule has 3 aromatic heterocycles. The zero-order chi connectivity index (χ0) is 74.1. The molecule has 0 saturated carbocycles. The van der Waals surface area contributed by atoms with Crippen LogP contribution in [0.15, 0.2) is 138 Å². The number of rotatable bonds is 24. The van der Waals surface area contributed by atoms with Crippen molar-refractivity contribution < 1.29 is 0 Å². The molecule has 0 amide bonds. The standard InChI is InChI=1S/C63H114N30P6/c1-76(2)95(77(3)4,78(5)6)71-50-33-39-56(40-34-50)92-60-45-52(73-97(82(13)14,83(15)16)84(17)18)43-58(67-60)91(55-37-31-49(32-38-55)70-94(64,65)66)59-44-53(74-98(85(19)20,86(21)22)87(23)24)46-61(68-59)93(57-41-35-51(36-42-57)72-96(79(7)8,80(9)10)81(11)12)63-48-54(47-62(92)69-63)75-99(88(25)26,89(27)28)90(29)30/h31-48H,64-66H2,1-30H3. The van der Waals surface area contributed by atoms with Gasteiger partial charge in [0.2, 0.25) is 0 Å². The number of anilines is 9. The van der Waals surface area contributed by atoms with Crippen LogP contribution in [0.1, 0.15) is 0 Å². The minimum absolute atomic E-state index is 0.466. The monoisotopic (exact) mass is 1480 g/mol. The number of fused-ring (bicyclic) bond motifs is 6. The number of benzene rings is 3. The average Bonchev–Trinajstić information content (AvgIpc) is 0.747. The van der Waals surface area contributed by atoms with Gasteiger partial charge in [-0.1, -0.05) is 0 Å². The maximum Gasteiger partial charge on any atom is 0.171 e. The van der Waals surface area contributed by atoms with Crippen LogP contribution in [0.4, 0.5) is 86.1 Å². The Morgan fingerprint density at radius 3 is 0.505 bits per heavy atom. The van der Waals surface area contributed by atoms with E-state index < -0.39 is 45.0 Å². The summed E-state index contributed by atoms with van der Waals surface area (Å²) in [6.45, 7) is 0. The molecule has 6 N–H and O–H groups in total. The maximum absolute atomic E-state index is 6.25. The highest BCUT2D eigenvalue weighted by Gasteiger charge is 2.36. The smallest absolute Gasteiger partial charge is 0.171 e. The lowest BCUT2D eigenvalue weighted by Gasteiger charge is -2.41. The molecule has 1 aliphatic rings. The van der Waals surface area contributed by atoms with Crippen LogP contribution in [-0.2, 0) is 0 Å². The van der Waals surface area contributed by atoms with Crippen molar-refractivity contribution in [2.45, 2.75) is 0 Å². The van der Waals surface area contributed by atoms with Gasteiger partial charge in [-0.3, -0.25) is 101 Å². The van der Waals surface area contributed by atoms with Crippen LogP contribution in [0.25, 0.3) is 0 Å². The van der Waals surface area contributed by atoms with Crippen LogP contribution < -0.4 is 31.2 Å². The molecule has 0 aliphatic carbocycles. The molecule has 0 fully saturated rings. The van der Waals surface area contributed by atoms with E-state index in [1.807, 2.05) is 53.4 Å². The molecule has 4 heterocycles. The first-order valence-corrected chi connectivity index (χ1v) is 42.0. The summed E-state index contributed by atoms with van der Waals surface area (Å²) in [4.78, 5) is 23.9. The lowest BCUT2D eigenvalue weighted by atomic mass is 10.2. The number of pyridine rings is 3. The van der Waals surface area contributed by atoms with Crippen molar-refractivity contribution >= 4 is 131 Å². The van der Waals surface area contributed by atoms with Crippen LogP contribution in [0.5, 0.6) is 0 Å². The molecule has 1 aliphatic heterocycles. The van der Waals surface area contributed by atoms with E-state index in [2.05, 4.69) is 357 Å². The summed E-state index contributed by atoms with van der Waals surface area (Å²) >= 11 is 0. The highest BCUT2D eigenvalue weighted by molar-refractivity contribution is 7.60. The van der Waals surface area contributed by atoms with Crippen molar-refractivity contribution in [2.24, 2.45) is 45.0 Å². The Bertz CT molecular complexity index is 3800. The molecule has 546 valence electrons. The topological polar surface area (TPSA) is 249 Å². The molecule has 0 saturated heterocycles. The predicted octanol–water partition coefficient (Wildman–Crippen LogP) is 14.4. The second-order valence-electron chi connectivity index (χ2n) is 27.0.